The van der Waals surface area contributed by atoms with Gasteiger partial charge in [0.2, 0.25) is 0 Å². The lowest BCUT2D eigenvalue weighted by molar-refractivity contribution is 0.0947. The molecule has 0 bridgehead atoms. The molecule has 0 fully saturated rings. The summed E-state index contributed by atoms with van der Waals surface area (Å²) in [5, 5.41) is 18.0. The number of H-pyrrole nitrogens is 1. The first-order chi connectivity index (χ1) is 10.6. The van der Waals surface area contributed by atoms with Gasteiger partial charge in [0.25, 0.3) is 5.91 Å². The minimum absolute atomic E-state index is 0.188. The van der Waals surface area contributed by atoms with Crippen molar-refractivity contribution in [2.24, 2.45) is 7.05 Å². The van der Waals surface area contributed by atoms with Crippen molar-refractivity contribution in [3.05, 3.63) is 42.1 Å². The van der Waals surface area contributed by atoms with E-state index in [9.17, 15) is 4.79 Å². The Morgan fingerprint density at radius 3 is 2.95 bits per heavy atom. The summed E-state index contributed by atoms with van der Waals surface area (Å²) in [6, 6.07) is 3.64. The van der Waals surface area contributed by atoms with Crippen LogP contribution in [0.4, 0.5) is 0 Å². The highest BCUT2D eigenvalue weighted by Gasteiger charge is 2.11. The third kappa shape index (κ3) is 2.90. The number of hydrogen-bond acceptors (Lipinski definition) is 4. The number of nitrogens with one attached hydrogen (secondary N) is 2. The molecule has 2 N–H and O–H groups in total. The van der Waals surface area contributed by atoms with Gasteiger partial charge in [0.1, 0.15) is 5.69 Å². The van der Waals surface area contributed by atoms with Crippen LogP contribution in [0.2, 0.25) is 0 Å². The van der Waals surface area contributed by atoms with Crippen LogP contribution in [-0.4, -0.2) is 42.2 Å². The summed E-state index contributed by atoms with van der Waals surface area (Å²) in [5.74, 6) is -0.188. The predicted octanol–water partition coefficient (Wildman–Crippen LogP) is 0.745. The maximum absolute atomic E-state index is 12.1. The molecule has 1 amide bonds. The van der Waals surface area contributed by atoms with Crippen molar-refractivity contribution in [1.82, 2.24) is 35.1 Å². The average Bonchev–Trinajstić information content (AvgIpc) is 3.20. The summed E-state index contributed by atoms with van der Waals surface area (Å²) < 4.78 is 3.53. The Kier molecular flexibility index (Phi) is 3.73. The Bertz CT molecular complexity index is 783. The van der Waals surface area contributed by atoms with Gasteiger partial charge in [-0.3, -0.25) is 19.3 Å². The van der Waals surface area contributed by atoms with Gasteiger partial charge in [0.15, 0.2) is 0 Å². The second-order valence-electron chi connectivity index (χ2n) is 5.02. The topological polar surface area (TPSA) is 93.4 Å². The summed E-state index contributed by atoms with van der Waals surface area (Å²) in [6.07, 6.45) is 5.29. The van der Waals surface area contributed by atoms with Crippen molar-refractivity contribution in [2.75, 3.05) is 6.54 Å². The monoisotopic (exact) mass is 299 g/mol. The first-order valence-corrected chi connectivity index (χ1v) is 6.94. The van der Waals surface area contributed by atoms with Crippen molar-refractivity contribution >= 4 is 5.91 Å². The van der Waals surface area contributed by atoms with Crippen LogP contribution in [0.5, 0.6) is 0 Å². The third-order valence-corrected chi connectivity index (χ3v) is 3.36. The first-order valence-electron chi connectivity index (χ1n) is 6.94. The highest BCUT2D eigenvalue weighted by Crippen LogP contribution is 2.16. The molecule has 114 valence electrons. The van der Waals surface area contributed by atoms with Crippen LogP contribution in [0.3, 0.4) is 0 Å². The molecule has 0 aliphatic rings. The molecule has 8 nitrogen and oxygen atoms in total. The van der Waals surface area contributed by atoms with Crippen LogP contribution in [0.15, 0.2) is 30.7 Å². The average molecular weight is 299 g/mol. The number of carbonyl (C=O) groups is 1. The highest BCUT2D eigenvalue weighted by atomic mass is 16.1. The number of rotatable bonds is 5. The number of nitrogens with zero attached hydrogens (tertiary/aromatic N) is 5. The number of hydrogen-bond donors (Lipinski definition) is 2. The zero-order valence-corrected chi connectivity index (χ0v) is 12.4. The fourth-order valence-corrected chi connectivity index (χ4v) is 2.14. The van der Waals surface area contributed by atoms with Crippen LogP contribution >= 0.6 is 0 Å². The molecule has 0 aliphatic carbocycles. The maximum atomic E-state index is 12.1. The van der Waals surface area contributed by atoms with Gasteiger partial charge < -0.3 is 5.32 Å². The van der Waals surface area contributed by atoms with E-state index in [0.717, 1.165) is 11.3 Å². The summed E-state index contributed by atoms with van der Waals surface area (Å²) in [4.78, 5) is 12.1. The molecular formula is C14H17N7O. The molecule has 0 saturated heterocycles. The Labute approximate surface area is 127 Å². The van der Waals surface area contributed by atoms with E-state index >= 15 is 0 Å². The highest BCUT2D eigenvalue weighted by molar-refractivity contribution is 5.93. The minimum atomic E-state index is -0.188. The quantitative estimate of drug-likeness (QED) is 0.727. The fourth-order valence-electron chi connectivity index (χ4n) is 2.14. The lowest BCUT2D eigenvalue weighted by Crippen LogP contribution is -2.28. The van der Waals surface area contributed by atoms with Crippen molar-refractivity contribution in [1.29, 1.82) is 0 Å². The van der Waals surface area contributed by atoms with E-state index < -0.39 is 0 Å². The van der Waals surface area contributed by atoms with E-state index in [1.807, 2.05) is 30.9 Å². The summed E-state index contributed by atoms with van der Waals surface area (Å²) >= 11 is 0. The fraction of sp³-hybridized carbons (Fsp3) is 0.286. The maximum Gasteiger partial charge on any atom is 0.269 e. The summed E-state index contributed by atoms with van der Waals surface area (Å²) in [5.41, 5.74) is 3.05. The van der Waals surface area contributed by atoms with Crippen molar-refractivity contribution in [3.8, 4) is 11.3 Å². The Balaban J connectivity index is 1.59. The smallest absolute Gasteiger partial charge is 0.269 e. The molecule has 3 rings (SSSR count). The lowest BCUT2D eigenvalue weighted by atomic mass is 10.2. The Morgan fingerprint density at radius 2 is 2.27 bits per heavy atom. The molecule has 22 heavy (non-hydrogen) atoms. The van der Waals surface area contributed by atoms with Crippen LogP contribution in [0.25, 0.3) is 11.3 Å². The van der Waals surface area contributed by atoms with Crippen molar-refractivity contribution < 1.29 is 4.79 Å². The molecule has 0 atom stereocenters. The van der Waals surface area contributed by atoms with E-state index in [0.29, 0.717) is 24.5 Å². The predicted molar refractivity (Wildman–Crippen MR) is 80.1 cm³/mol. The molecule has 3 aromatic rings. The van der Waals surface area contributed by atoms with E-state index in [-0.39, 0.29) is 5.91 Å². The largest absolute Gasteiger partial charge is 0.349 e. The molecule has 0 radical (unpaired) electrons. The molecule has 0 aromatic carbocycles. The van der Waals surface area contributed by atoms with Gasteiger partial charge in [-0.15, -0.1) is 0 Å². The zero-order valence-electron chi connectivity index (χ0n) is 12.4. The molecule has 3 aromatic heterocycles. The number of aromatic amines is 1. The van der Waals surface area contributed by atoms with Gasteiger partial charge >= 0.3 is 0 Å². The second-order valence-corrected chi connectivity index (χ2v) is 5.02. The van der Waals surface area contributed by atoms with Crippen LogP contribution in [0, 0.1) is 6.92 Å². The molecule has 0 spiro atoms. The second kappa shape index (κ2) is 5.84. The summed E-state index contributed by atoms with van der Waals surface area (Å²) in [7, 11) is 1.83. The van der Waals surface area contributed by atoms with Gasteiger partial charge in [0.05, 0.1) is 18.4 Å². The van der Waals surface area contributed by atoms with Crippen molar-refractivity contribution in [2.45, 2.75) is 13.5 Å². The Hall–Kier alpha value is -2.90. The van der Waals surface area contributed by atoms with E-state index in [2.05, 4.69) is 25.7 Å². The SMILES string of the molecule is Cc1ccnn1CCNC(=O)c1cc(-c2cnn(C)c2)n[nH]1. The zero-order chi connectivity index (χ0) is 15.5. The van der Waals surface area contributed by atoms with Crippen LogP contribution < -0.4 is 5.32 Å². The van der Waals surface area contributed by atoms with E-state index in [1.54, 1.807) is 23.1 Å². The molecule has 0 aliphatic heterocycles. The number of carbonyl (C=O) groups excluding carboxylic acids is 1. The normalized spacial score (nSPS) is 10.8. The first kappa shape index (κ1) is 14.1. The molecule has 3 heterocycles. The Morgan fingerprint density at radius 1 is 1.41 bits per heavy atom. The standard InChI is InChI=1S/C14H17N7O/c1-10-3-4-16-21(10)6-5-15-14(22)13-7-12(18-19-13)11-8-17-20(2)9-11/h3-4,7-9H,5-6H2,1-2H3,(H,15,22)(H,18,19). The van der Waals surface area contributed by atoms with Gasteiger partial charge in [-0.05, 0) is 19.1 Å². The molecular weight excluding hydrogens is 282 g/mol. The van der Waals surface area contributed by atoms with E-state index in [4.69, 9.17) is 0 Å². The third-order valence-electron chi connectivity index (χ3n) is 3.36. The molecule has 0 saturated carbocycles. The molecule has 8 heteroatoms. The minimum Gasteiger partial charge on any atom is -0.349 e. The van der Waals surface area contributed by atoms with E-state index in [1.165, 1.54) is 0 Å². The van der Waals surface area contributed by atoms with Gasteiger partial charge in [-0.1, -0.05) is 0 Å². The number of aromatic nitrogens is 6. The van der Waals surface area contributed by atoms with Gasteiger partial charge in [-0.2, -0.15) is 15.3 Å². The lowest BCUT2D eigenvalue weighted by Gasteiger charge is -2.05. The van der Waals surface area contributed by atoms with Crippen LogP contribution in [-0.2, 0) is 13.6 Å². The van der Waals surface area contributed by atoms with Gasteiger partial charge in [-0.25, -0.2) is 0 Å². The number of amides is 1. The van der Waals surface area contributed by atoms with Crippen molar-refractivity contribution in [3.63, 3.8) is 0 Å². The summed E-state index contributed by atoms with van der Waals surface area (Å²) in [6.45, 7) is 3.11. The molecule has 0 unspecified atom stereocenters. The van der Waals surface area contributed by atoms with Crippen LogP contribution in [0.1, 0.15) is 16.2 Å². The number of aryl methyl sites for hydroxylation is 2. The van der Waals surface area contributed by atoms with Gasteiger partial charge in [0, 0.05) is 37.2 Å².